The second kappa shape index (κ2) is 6.19. The molecule has 1 atom stereocenters. The summed E-state index contributed by atoms with van der Waals surface area (Å²) in [6, 6.07) is 10.3. The van der Waals surface area contributed by atoms with Gasteiger partial charge < -0.3 is 11.1 Å². The zero-order valence-electron chi connectivity index (χ0n) is 9.07. The third-order valence-electron chi connectivity index (χ3n) is 2.38. The third-order valence-corrected chi connectivity index (χ3v) is 2.38. The largest absolute Gasteiger partial charge is 0.370 e. The summed E-state index contributed by atoms with van der Waals surface area (Å²) in [5.41, 5.74) is 6.38. The molecule has 0 aliphatic carbocycles. The topological polar surface area (TPSA) is 55.1 Å². The molecule has 3 heteroatoms. The molecule has 0 aliphatic heterocycles. The molecule has 0 radical (unpaired) electrons. The number of rotatable bonds is 6. The molecule has 0 heterocycles. The van der Waals surface area contributed by atoms with E-state index in [1.165, 1.54) is 5.56 Å². The summed E-state index contributed by atoms with van der Waals surface area (Å²) in [5.74, 6) is -0.248. The molecule has 0 bridgehead atoms. The summed E-state index contributed by atoms with van der Waals surface area (Å²) < 4.78 is 0. The highest BCUT2D eigenvalue weighted by molar-refractivity contribution is 5.74. The first kappa shape index (κ1) is 11.7. The standard InChI is InChI=1S/C12H18N2O/c1-2-11(8-12(13)15)14-9-10-6-4-3-5-7-10/h3-7,11,14H,2,8-9H2,1H3,(H2,13,15)/t11-/m1/s1. The van der Waals surface area contributed by atoms with Gasteiger partial charge in [-0.1, -0.05) is 37.3 Å². The number of benzene rings is 1. The van der Waals surface area contributed by atoms with Crippen molar-refractivity contribution in [1.29, 1.82) is 0 Å². The van der Waals surface area contributed by atoms with Crippen LogP contribution in [0.15, 0.2) is 30.3 Å². The van der Waals surface area contributed by atoms with Crippen LogP contribution in [-0.2, 0) is 11.3 Å². The number of hydrogen-bond donors (Lipinski definition) is 2. The van der Waals surface area contributed by atoms with Crippen molar-refractivity contribution in [2.24, 2.45) is 5.73 Å². The Morgan fingerprint density at radius 3 is 2.60 bits per heavy atom. The van der Waals surface area contributed by atoms with Gasteiger partial charge >= 0.3 is 0 Å². The zero-order chi connectivity index (χ0) is 11.1. The van der Waals surface area contributed by atoms with E-state index in [-0.39, 0.29) is 11.9 Å². The Bertz CT molecular complexity index is 298. The van der Waals surface area contributed by atoms with Gasteiger partial charge in [-0.3, -0.25) is 4.79 Å². The van der Waals surface area contributed by atoms with Crippen LogP contribution < -0.4 is 11.1 Å². The highest BCUT2D eigenvalue weighted by Crippen LogP contribution is 2.01. The van der Waals surface area contributed by atoms with Crippen molar-refractivity contribution in [1.82, 2.24) is 5.32 Å². The van der Waals surface area contributed by atoms with Crippen LogP contribution in [0.5, 0.6) is 0 Å². The molecule has 15 heavy (non-hydrogen) atoms. The summed E-state index contributed by atoms with van der Waals surface area (Å²) in [6.45, 7) is 2.83. The molecule has 0 saturated carbocycles. The van der Waals surface area contributed by atoms with Gasteiger partial charge in [-0.25, -0.2) is 0 Å². The Morgan fingerprint density at radius 1 is 1.40 bits per heavy atom. The van der Waals surface area contributed by atoms with Crippen molar-refractivity contribution in [3.63, 3.8) is 0 Å². The summed E-state index contributed by atoms with van der Waals surface area (Å²) in [5, 5.41) is 3.32. The SMILES string of the molecule is CC[C@H](CC(N)=O)NCc1ccccc1. The zero-order valence-corrected chi connectivity index (χ0v) is 9.07. The van der Waals surface area contributed by atoms with Gasteiger partial charge in [0.2, 0.25) is 5.91 Å². The van der Waals surface area contributed by atoms with Crippen LogP contribution in [0.3, 0.4) is 0 Å². The van der Waals surface area contributed by atoms with E-state index in [1.54, 1.807) is 0 Å². The van der Waals surface area contributed by atoms with Gasteiger partial charge in [0.25, 0.3) is 0 Å². The molecule has 1 aromatic rings. The van der Waals surface area contributed by atoms with Crippen molar-refractivity contribution in [3.05, 3.63) is 35.9 Å². The van der Waals surface area contributed by atoms with E-state index >= 15 is 0 Å². The maximum atomic E-state index is 10.8. The molecular weight excluding hydrogens is 188 g/mol. The molecule has 0 saturated heterocycles. The number of primary amides is 1. The van der Waals surface area contributed by atoms with Crippen LogP contribution in [0.4, 0.5) is 0 Å². The van der Waals surface area contributed by atoms with Gasteiger partial charge in [0.15, 0.2) is 0 Å². The average molecular weight is 206 g/mol. The monoisotopic (exact) mass is 206 g/mol. The second-order valence-electron chi connectivity index (χ2n) is 3.64. The van der Waals surface area contributed by atoms with E-state index in [9.17, 15) is 4.79 Å². The number of carbonyl (C=O) groups excluding carboxylic acids is 1. The lowest BCUT2D eigenvalue weighted by atomic mass is 10.1. The summed E-state index contributed by atoms with van der Waals surface area (Å²) in [7, 11) is 0. The van der Waals surface area contributed by atoms with Crippen LogP contribution in [0, 0.1) is 0 Å². The molecule has 3 nitrogen and oxygen atoms in total. The smallest absolute Gasteiger partial charge is 0.218 e. The number of hydrogen-bond acceptors (Lipinski definition) is 2. The molecule has 1 rings (SSSR count). The van der Waals surface area contributed by atoms with Gasteiger partial charge in [-0.15, -0.1) is 0 Å². The third kappa shape index (κ3) is 4.61. The van der Waals surface area contributed by atoms with Gasteiger partial charge in [0, 0.05) is 19.0 Å². The van der Waals surface area contributed by atoms with Crippen LogP contribution in [-0.4, -0.2) is 11.9 Å². The van der Waals surface area contributed by atoms with Gasteiger partial charge in [0.1, 0.15) is 0 Å². The van der Waals surface area contributed by atoms with E-state index in [0.29, 0.717) is 6.42 Å². The van der Waals surface area contributed by atoms with Crippen molar-refractivity contribution < 1.29 is 4.79 Å². The number of nitrogens with one attached hydrogen (secondary N) is 1. The molecule has 0 fully saturated rings. The number of nitrogens with two attached hydrogens (primary N) is 1. The van der Waals surface area contributed by atoms with E-state index < -0.39 is 0 Å². The maximum Gasteiger partial charge on any atom is 0.218 e. The molecular formula is C12H18N2O. The molecule has 0 spiro atoms. The lowest BCUT2D eigenvalue weighted by Crippen LogP contribution is -2.32. The van der Waals surface area contributed by atoms with Crippen molar-refractivity contribution in [3.8, 4) is 0 Å². The second-order valence-corrected chi connectivity index (χ2v) is 3.64. The number of carbonyl (C=O) groups is 1. The fourth-order valence-corrected chi connectivity index (χ4v) is 1.46. The first-order valence-electron chi connectivity index (χ1n) is 5.28. The van der Waals surface area contributed by atoms with Crippen molar-refractivity contribution in [2.45, 2.75) is 32.4 Å². The summed E-state index contributed by atoms with van der Waals surface area (Å²) in [6.07, 6.45) is 1.32. The van der Waals surface area contributed by atoms with Crippen LogP contribution in [0.1, 0.15) is 25.3 Å². The van der Waals surface area contributed by atoms with Gasteiger partial charge in [-0.2, -0.15) is 0 Å². The quantitative estimate of drug-likeness (QED) is 0.739. The molecule has 0 aromatic heterocycles. The summed E-state index contributed by atoms with van der Waals surface area (Å²) in [4.78, 5) is 10.8. The van der Waals surface area contributed by atoms with E-state index in [1.807, 2.05) is 25.1 Å². The Morgan fingerprint density at radius 2 is 2.07 bits per heavy atom. The minimum Gasteiger partial charge on any atom is -0.370 e. The first-order chi connectivity index (χ1) is 7.22. The van der Waals surface area contributed by atoms with E-state index in [4.69, 9.17) is 5.73 Å². The van der Waals surface area contributed by atoms with E-state index in [0.717, 1.165) is 13.0 Å². The fourth-order valence-electron chi connectivity index (χ4n) is 1.46. The minimum atomic E-state index is -0.248. The Balaban J connectivity index is 2.37. The average Bonchev–Trinajstić information content (AvgIpc) is 2.25. The first-order valence-corrected chi connectivity index (χ1v) is 5.28. The maximum absolute atomic E-state index is 10.8. The lowest BCUT2D eigenvalue weighted by molar-refractivity contribution is -0.118. The highest BCUT2D eigenvalue weighted by Gasteiger charge is 2.08. The van der Waals surface area contributed by atoms with Crippen LogP contribution in [0.25, 0.3) is 0 Å². The highest BCUT2D eigenvalue weighted by atomic mass is 16.1. The predicted octanol–water partition coefficient (Wildman–Crippen LogP) is 1.43. The molecule has 3 N–H and O–H groups in total. The molecule has 0 aliphatic rings. The van der Waals surface area contributed by atoms with Crippen molar-refractivity contribution in [2.75, 3.05) is 0 Å². The van der Waals surface area contributed by atoms with Crippen LogP contribution in [0.2, 0.25) is 0 Å². The fraction of sp³-hybridized carbons (Fsp3) is 0.417. The molecule has 1 amide bonds. The van der Waals surface area contributed by atoms with Gasteiger partial charge in [-0.05, 0) is 12.0 Å². The van der Waals surface area contributed by atoms with Crippen LogP contribution >= 0.6 is 0 Å². The lowest BCUT2D eigenvalue weighted by Gasteiger charge is -2.14. The normalized spacial score (nSPS) is 12.3. The molecule has 1 aromatic carbocycles. The van der Waals surface area contributed by atoms with E-state index in [2.05, 4.69) is 17.4 Å². The molecule has 82 valence electrons. The predicted molar refractivity (Wildman–Crippen MR) is 61.2 cm³/mol. The Labute approximate surface area is 90.7 Å². The summed E-state index contributed by atoms with van der Waals surface area (Å²) >= 11 is 0. The Hall–Kier alpha value is -1.35. The van der Waals surface area contributed by atoms with Gasteiger partial charge in [0.05, 0.1) is 0 Å². The number of amides is 1. The Kier molecular flexibility index (Phi) is 4.84. The van der Waals surface area contributed by atoms with Crippen molar-refractivity contribution >= 4 is 5.91 Å². The molecule has 0 unspecified atom stereocenters. The minimum absolute atomic E-state index is 0.183.